The van der Waals surface area contributed by atoms with E-state index in [9.17, 15) is 4.79 Å². The Morgan fingerprint density at radius 1 is 1.05 bits per heavy atom. The Hall–Kier alpha value is -1.42. The number of primary amides is 1. The van der Waals surface area contributed by atoms with Crippen LogP contribution in [-0.4, -0.2) is 5.91 Å². The zero-order valence-electron chi connectivity index (χ0n) is 10.3. The minimum absolute atomic E-state index is 0.290. The number of amides is 1. The number of nitrogens with two attached hydrogens (primary N) is 1. The van der Waals surface area contributed by atoms with Gasteiger partial charge in [0.15, 0.2) is 0 Å². The Bertz CT molecular complexity index is 659. The molecule has 20 heavy (non-hydrogen) atoms. The third-order valence-corrected chi connectivity index (χ3v) is 3.64. The number of anilines is 1. The Kier molecular flexibility index (Phi) is 4.76. The number of hydrogen-bond acceptors (Lipinski definition) is 2. The summed E-state index contributed by atoms with van der Waals surface area (Å²) in [6.07, 6.45) is 0. The van der Waals surface area contributed by atoms with Crippen LogP contribution >= 0.6 is 34.8 Å². The SMILES string of the molecule is NC(=O)c1ccc(NCc2cc(Cl)ccc2Cl)cc1Cl. The van der Waals surface area contributed by atoms with Gasteiger partial charge in [-0.2, -0.15) is 0 Å². The van der Waals surface area contributed by atoms with Crippen molar-refractivity contribution in [3.05, 3.63) is 62.6 Å². The Morgan fingerprint density at radius 3 is 2.45 bits per heavy atom. The molecule has 0 aliphatic carbocycles. The lowest BCUT2D eigenvalue weighted by molar-refractivity contribution is 0.100. The zero-order chi connectivity index (χ0) is 14.7. The number of nitrogens with one attached hydrogen (secondary N) is 1. The first-order chi connectivity index (χ1) is 9.47. The summed E-state index contributed by atoms with van der Waals surface area (Å²) < 4.78 is 0. The minimum Gasteiger partial charge on any atom is -0.381 e. The molecule has 1 amide bonds. The molecule has 104 valence electrons. The molecule has 2 aromatic carbocycles. The van der Waals surface area contributed by atoms with Crippen LogP contribution in [0.3, 0.4) is 0 Å². The molecule has 0 bridgehead atoms. The van der Waals surface area contributed by atoms with Crippen molar-refractivity contribution in [1.29, 1.82) is 0 Å². The molecule has 0 atom stereocenters. The van der Waals surface area contributed by atoms with Gasteiger partial charge >= 0.3 is 0 Å². The van der Waals surface area contributed by atoms with Gasteiger partial charge in [0, 0.05) is 22.3 Å². The molecule has 3 N–H and O–H groups in total. The molecule has 0 unspecified atom stereocenters. The summed E-state index contributed by atoms with van der Waals surface area (Å²) in [5, 5.41) is 4.71. The van der Waals surface area contributed by atoms with E-state index >= 15 is 0 Å². The van der Waals surface area contributed by atoms with Crippen molar-refractivity contribution in [3.63, 3.8) is 0 Å². The van der Waals surface area contributed by atoms with Gasteiger partial charge in [-0.25, -0.2) is 0 Å². The second-order valence-corrected chi connectivity index (χ2v) is 5.40. The van der Waals surface area contributed by atoms with Crippen LogP contribution in [0.1, 0.15) is 15.9 Å². The van der Waals surface area contributed by atoms with Gasteiger partial charge in [0.05, 0.1) is 10.6 Å². The van der Waals surface area contributed by atoms with E-state index in [0.717, 1.165) is 11.3 Å². The van der Waals surface area contributed by atoms with Gasteiger partial charge in [-0.1, -0.05) is 34.8 Å². The molecule has 0 aromatic heterocycles. The van der Waals surface area contributed by atoms with Crippen LogP contribution in [0.15, 0.2) is 36.4 Å². The third-order valence-electron chi connectivity index (χ3n) is 2.73. The van der Waals surface area contributed by atoms with E-state index in [1.54, 1.807) is 36.4 Å². The van der Waals surface area contributed by atoms with E-state index in [1.165, 1.54) is 0 Å². The zero-order valence-corrected chi connectivity index (χ0v) is 12.6. The molecule has 0 saturated heterocycles. The van der Waals surface area contributed by atoms with Crippen molar-refractivity contribution in [3.8, 4) is 0 Å². The van der Waals surface area contributed by atoms with E-state index in [-0.39, 0.29) is 5.56 Å². The van der Waals surface area contributed by atoms with E-state index in [4.69, 9.17) is 40.5 Å². The highest BCUT2D eigenvalue weighted by Gasteiger charge is 2.07. The second kappa shape index (κ2) is 6.35. The van der Waals surface area contributed by atoms with E-state index in [0.29, 0.717) is 21.6 Å². The maximum Gasteiger partial charge on any atom is 0.250 e. The molecular weight excluding hydrogens is 319 g/mol. The smallest absolute Gasteiger partial charge is 0.250 e. The average Bonchev–Trinajstić information content (AvgIpc) is 2.39. The van der Waals surface area contributed by atoms with Gasteiger partial charge in [0.2, 0.25) is 5.91 Å². The number of rotatable bonds is 4. The second-order valence-electron chi connectivity index (χ2n) is 4.15. The standard InChI is InChI=1S/C14H11Cl3N2O/c15-9-1-4-12(16)8(5-9)7-19-10-2-3-11(14(18)20)13(17)6-10/h1-6,19H,7H2,(H2,18,20). The Balaban J connectivity index is 2.13. The van der Waals surface area contributed by atoms with E-state index < -0.39 is 5.91 Å². The molecule has 0 spiro atoms. The van der Waals surface area contributed by atoms with Crippen LogP contribution in [0.5, 0.6) is 0 Å². The van der Waals surface area contributed by atoms with Crippen molar-refractivity contribution in [2.24, 2.45) is 5.73 Å². The van der Waals surface area contributed by atoms with Crippen molar-refractivity contribution in [2.45, 2.75) is 6.54 Å². The molecule has 2 rings (SSSR count). The number of carbonyl (C=O) groups is 1. The first-order valence-electron chi connectivity index (χ1n) is 5.74. The van der Waals surface area contributed by atoms with Crippen LogP contribution in [-0.2, 0) is 6.54 Å². The Morgan fingerprint density at radius 2 is 1.80 bits per heavy atom. The lowest BCUT2D eigenvalue weighted by Gasteiger charge is -2.10. The average molecular weight is 330 g/mol. The highest BCUT2D eigenvalue weighted by molar-refractivity contribution is 6.34. The van der Waals surface area contributed by atoms with E-state index in [2.05, 4.69) is 5.32 Å². The fourth-order valence-corrected chi connectivity index (χ4v) is 2.35. The summed E-state index contributed by atoms with van der Waals surface area (Å²) in [5.41, 5.74) is 7.11. The van der Waals surface area contributed by atoms with E-state index in [1.807, 2.05) is 0 Å². The lowest BCUT2D eigenvalue weighted by atomic mass is 10.2. The first-order valence-corrected chi connectivity index (χ1v) is 6.88. The van der Waals surface area contributed by atoms with Crippen molar-refractivity contribution in [2.75, 3.05) is 5.32 Å². The summed E-state index contributed by atoms with van der Waals surface area (Å²) in [7, 11) is 0. The van der Waals surface area contributed by atoms with Crippen molar-refractivity contribution in [1.82, 2.24) is 0 Å². The van der Waals surface area contributed by atoms with Crippen LogP contribution in [0, 0.1) is 0 Å². The van der Waals surface area contributed by atoms with Crippen LogP contribution in [0.2, 0.25) is 15.1 Å². The quantitative estimate of drug-likeness (QED) is 0.875. The fourth-order valence-electron chi connectivity index (χ4n) is 1.70. The van der Waals surface area contributed by atoms with Crippen LogP contribution in [0.25, 0.3) is 0 Å². The molecular formula is C14H11Cl3N2O. The number of benzene rings is 2. The maximum atomic E-state index is 11.1. The van der Waals surface area contributed by atoms with Crippen molar-refractivity contribution >= 4 is 46.4 Å². The van der Waals surface area contributed by atoms with Crippen LogP contribution in [0.4, 0.5) is 5.69 Å². The summed E-state index contributed by atoms with van der Waals surface area (Å²) in [5.74, 6) is -0.556. The molecule has 2 aromatic rings. The normalized spacial score (nSPS) is 10.3. The third kappa shape index (κ3) is 3.57. The topological polar surface area (TPSA) is 55.1 Å². The number of halogens is 3. The summed E-state index contributed by atoms with van der Waals surface area (Å²) in [6.45, 7) is 0.492. The van der Waals surface area contributed by atoms with Gasteiger partial charge in [0.25, 0.3) is 0 Å². The Labute approximate surface area is 131 Å². The van der Waals surface area contributed by atoms with Gasteiger partial charge in [-0.3, -0.25) is 4.79 Å². The minimum atomic E-state index is -0.556. The summed E-state index contributed by atoms with van der Waals surface area (Å²) >= 11 is 18.0. The first kappa shape index (κ1) is 15.0. The molecule has 0 saturated carbocycles. The molecule has 3 nitrogen and oxygen atoms in total. The molecule has 0 heterocycles. The largest absolute Gasteiger partial charge is 0.381 e. The molecule has 0 radical (unpaired) electrons. The molecule has 6 heteroatoms. The molecule has 0 aliphatic rings. The molecule has 0 aliphatic heterocycles. The van der Waals surface area contributed by atoms with Gasteiger partial charge in [0.1, 0.15) is 0 Å². The van der Waals surface area contributed by atoms with Crippen molar-refractivity contribution < 1.29 is 4.79 Å². The summed E-state index contributed by atoms with van der Waals surface area (Å²) in [4.78, 5) is 11.1. The highest BCUT2D eigenvalue weighted by atomic mass is 35.5. The summed E-state index contributed by atoms with van der Waals surface area (Å²) in [6, 6.07) is 10.2. The fraction of sp³-hybridized carbons (Fsp3) is 0.0714. The number of hydrogen-bond donors (Lipinski definition) is 2. The number of carbonyl (C=O) groups excluding carboxylic acids is 1. The predicted octanol–water partition coefficient (Wildman–Crippen LogP) is 4.36. The predicted molar refractivity (Wildman–Crippen MR) is 83.8 cm³/mol. The van der Waals surface area contributed by atoms with Gasteiger partial charge < -0.3 is 11.1 Å². The molecule has 0 fully saturated rings. The highest BCUT2D eigenvalue weighted by Crippen LogP contribution is 2.24. The monoisotopic (exact) mass is 328 g/mol. The lowest BCUT2D eigenvalue weighted by Crippen LogP contribution is -2.11. The van der Waals surface area contributed by atoms with Gasteiger partial charge in [-0.05, 0) is 42.0 Å². The maximum absolute atomic E-state index is 11.1. The van der Waals surface area contributed by atoms with Gasteiger partial charge in [-0.15, -0.1) is 0 Å². The van der Waals surface area contributed by atoms with Crippen LogP contribution < -0.4 is 11.1 Å².